The van der Waals surface area contributed by atoms with Gasteiger partial charge in [0.15, 0.2) is 6.29 Å². The van der Waals surface area contributed by atoms with Crippen molar-refractivity contribution in [3.8, 4) is 5.75 Å². The van der Waals surface area contributed by atoms with Crippen molar-refractivity contribution in [2.45, 2.75) is 6.10 Å². The summed E-state index contributed by atoms with van der Waals surface area (Å²) in [5, 5.41) is 13.5. The number of nitro benzene ring substituents is 1. The molecule has 0 fully saturated rings. The number of ether oxygens (including phenoxy) is 1. The number of rotatable bonds is 7. The van der Waals surface area contributed by atoms with Gasteiger partial charge in [0.25, 0.3) is 11.6 Å². The van der Waals surface area contributed by atoms with Gasteiger partial charge in [-0.25, -0.2) is 4.39 Å². The van der Waals surface area contributed by atoms with Gasteiger partial charge in [-0.3, -0.25) is 19.7 Å². The highest BCUT2D eigenvalue weighted by molar-refractivity contribution is 5.95. The average Bonchev–Trinajstić information content (AvgIpc) is 2.74. The first-order valence-corrected chi connectivity index (χ1v) is 8.49. The van der Waals surface area contributed by atoms with Crippen LogP contribution in [-0.4, -0.2) is 17.1 Å². The number of hydrogen-bond acceptors (Lipinski definition) is 5. The molecular weight excluding hydrogens is 379 g/mol. The molecule has 7 nitrogen and oxygen atoms in total. The minimum Gasteiger partial charge on any atom is -0.475 e. The smallest absolute Gasteiger partial charge is 0.270 e. The lowest BCUT2D eigenvalue weighted by atomic mass is 10.1. The van der Waals surface area contributed by atoms with E-state index in [1.54, 1.807) is 30.3 Å². The van der Waals surface area contributed by atoms with Crippen LogP contribution in [0.15, 0.2) is 72.8 Å². The van der Waals surface area contributed by atoms with Crippen molar-refractivity contribution in [1.29, 1.82) is 0 Å². The standard InChI is InChI=1S/C21H15FN2O5/c22-16-6-8-17(9-7-16)23-21(26)20(14-4-2-1-3-5-14)29-19-11-10-18(24(27)28)12-15(19)13-25/h1-13,20H,(H,23,26)/t20-/m0/s1. The van der Waals surface area contributed by atoms with Gasteiger partial charge < -0.3 is 10.1 Å². The first kappa shape index (κ1) is 19.7. The summed E-state index contributed by atoms with van der Waals surface area (Å²) in [5.41, 5.74) is 0.531. The van der Waals surface area contributed by atoms with Crippen LogP contribution in [-0.2, 0) is 4.79 Å². The Kier molecular flexibility index (Phi) is 5.94. The molecule has 1 N–H and O–H groups in total. The number of benzene rings is 3. The fraction of sp³-hybridized carbons (Fsp3) is 0.0476. The molecule has 0 aromatic heterocycles. The lowest BCUT2D eigenvalue weighted by molar-refractivity contribution is -0.384. The topological polar surface area (TPSA) is 98.5 Å². The molecule has 0 aliphatic rings. The van der Waals surface area contributed by atoms with E-state index in [9.17, 15) is 24.1 Å². The van der Waals surface area contributed by atoms with Crippen molar-refractivity contribution in [2.75, 3.05) is 5.32 Å². The predicted octanol–water partition coefficient (Wildman–Crippen LogP) is 4.31. The molecule has 146 valence electrons. The van der Waals surface area contributed by atoms with Crippen LogP contribution in [0.25, 0.3) is 0 Å². The largest absolute Gasteiger partial charge is 0.475 e. The summed E-state index contributed by atoms with van der Waals surface area (Å²) in [5.74, 6) is -0.980. The maximum absolute atomic E-state index is 13.1. The molecule has 0 unspecified atom stereocenters. The van der Waals surface area contributed by atoms with Crippen molar-refractivity contribution in [2.24, 2.45) is 0 Å². The number of hydrogen-bond donors (Lipinski definition) is 1. The molecule has 0 radical (unpaired) electrons. The molecular formula is C21H15FN2O5. The van der Waals surface area contributed by atoms with Crippen LogP contribution in [0, 0.1) is 15.9 Å². The van der Waals surface area contributed by atoms with Crippen molar-refractivity contribution in [3.63, 3.8) is 0 Å². The second-order valence-corrected chi connectivity index (χ2v) is 6.00. The van der Waals surface area contributed by atoms with Gasteiger partial charge in [-0.2, -0.15) is 0 Å². The Morgan fingerprint density at radius 3 is 2.38 bits per heavy atom. The van der Waals surface area contributed by atoms with E-state index in [4.69, 9.17) is 4.74 Å². The summed E-state index contributed by atoms with van der Waals surface area (Å²) in [6.45, 7) is 0. The minimum absolute atomic E-state index is 0.0220. The molecule has 0 aliphatic carbocycles. The molecule has 0 spiro atoms. The zero-order valence-electron chi connectivity index (χ0n) is 14.9. The first-order valence-electron chi connectivity index (χ1n) is 8.49. The van der Waals surface area contributed by atoms with E-state index in [1.165, 1.54) is 36.4 Å². The maximum Gasteiger partial charge on any atom is 0.270 e. The highest BCUT2D eigenvalue weighted by Crippen LogP contribution is 2.29. The van der Waals surface area contributed by atoms with Crippen molar-refractivity contribution < 1.29 is 23.6 Å². The number of nitrogens with one attached hydrogen (secondary N) is 1. The van der Waals surface area contributed by atoms with Crippen molar-refractivity contribution in [3.05, 3.63) is 99.9 Å². The van der Waals surface area contributed by atoms with Crippen molar-refractivity contribution in [1.82, 2.24) is 0 Å². The third-order valence-electron chi connectivity index (χ3n) is 4.03. The highest BCUT2D eigenvalue weighted by atomic mass is 19.1. The van der Waals surface area contributed by atoms with Crippen LogP contribution >= 0.6 is 0 Å². The number of non-ortho nitro benzene ring substituents is 1. The molecule has 3 rings (SSSR count). The summed E-state index contributed by atoms with van der Waals surface area (Å²) in [6, 6.07) is 17.3. The van der Waals surface area contributed by atoms with E-state index in [0.29, 0.717) is 17.5 Å². The van der Waals surface area contributed by atoms with Gasteiger partial charge in [0.1, 0.15) is 11.6 Å². The number of amides is 1. The second kappa shape index (κ2) is 8.75. The van der Waals surface area contributed by atoms with Crippen LogP contribution in [0.4, 0.5) is 15.8 Å². The van der Waals surface area contributed by atoms with Gasteiger partial charge in [0, 0.05) is 23.4 Å². The summed E-state index contributed by atoms with van der Waals surface area (Å²) in [4.78, 5) is 34.5. The predicted molar refractivity (Wildman–Crippen MR) is 103 cm³/mol. The number of aldehydes is 1. The van der Waals surface area contributed by atoms with Gasteiger partial charge in [0.05, 0.1) is 10.5 Å². The van der Waals surface area contributed by atoms with E-state index in [0.717, 1.165) is 6.07 Å². The lowest BCUT2D eigenvalue weighted by Gasteiger charge is -2.20. The third kappa shape index (κ3) is 4.81. The summed E-state index contributed by atoms with van der Waals surface area (Å²) < 4.78 is 18.9. The Hall–Kier alpha value is -4.07. The SMILES string of the molecule is O=Cc1cc([N+](=O)[O-])ccc1O[C@H](C(=O)Nc1ccc(F)cc1)c1ccccc1. The molecule has 0 saturated heterocycles. The zero-order chi connectivity index (χ0) is 20.8. The number of nitrogens with zero attached hydrogens (tertiary/aromatic N) is 1. The van der Waals surface area contributed by atoms with Gasteiger partial charge in [-0.05, 0) is 30.3 Å². The second-order valence-electron chi connectivity index (χ2n) is 6.00. The number of carbonyl (C=O) groups excluding carboxylic acids is 2. The van der Waals surface area contributed by atoms with E-state index in [-0.39, 0.29) is 17.0 Å². The Balaban J connectivity index is 1.92. The molecule has 1 atom stereocenters. The van der Waals surface area contributed by atoms with Crippen LogP contribution < -0.4 is 10.1 Å². The first-order chi connectivity index (χ1) is 14.0. The number of nitro groups is 1. The van der Waals surface area contributed by atoms with E-state index in [2.05, 4.69) is 5.32 Å². The summed E-state index contributed by atoms with van der Waals surface area (Å²) in [6.07, 6.45) is -0.733. The van der Waals surface area contributed by atoms with Crippen LogP contribution in [0.2, 0.25) is 0 Å². The fourth-order valence-electron chi connectivity index (χ4n) is 2.62. The molecule has 0 saturated carbocycles. The van der Waals surface area contributed by atoms with Crippen LogP contribution in [0.5, 0.6) is 5.75 Å². The molecule has 0 heterocycles. The molecule has 8 heteroatoms. The molecule has 3 aromatic rings. The molecule has 0 bridgehead atoms. The Labute approximate surface area is 164 Å². The highest BCUT2D eigenvalue weighted by Gasteiger charge is 2.24. The minimum atomic E-state index is -1.15. The summed E-state index contributed by atoms with van der Waals surface area (Å²) in [7, 11) is 0. The molecule has 1 amide bonds. The van der Waals surface area contributed by atoms with Gasteiger partial charge in [0.2, 0.25) is 6.10 Å². The average molecular weight is 394 g/mol. The van der Waals surface area contributed by atoms with E-state index in [1.807, 2.05) is 0 Å². The van der Waals surface area contributed by atoms with E-state index < -0.39 is 22.8 Å². The van der Waals surface area contributed by atoms with Crippen molar-refractivity contribution >= 4 is 23.6 Å². The maximum atomic E-state index is 13.1. The third-order valence-corrected chi connectivity index (χ3v) is 4.03. The van der Waals surface area contributed by atoms with Gasteiger partial charge in [-0.1, -0.05) is 30.3 Å². The van der Waals surface area contributed by atoms with Gasteiger partial charge in [-0.15, -0.1) is 0 Å². The van der Waals surface area contributed by atoms with Crippen LogP contribution in [0.3, 0.4) is 0 Å². The normalized spacial score (nSPS) is 11.3. The Morgan fingerprint density at radius 2 is 1.76 bits per heavy atom. The monoisotopic (exact) mass is 394 g/mol. The molecule has 0 aliphatic heterocycles. The fourth-order valence-corrected chi connectivity index (χ4v) is 2.62. The van der Waals surface area contributed by atoms with Crippen LogP contribution in [0.1, 0.15) is 22.0 Å². The number of anilines is 1. The number of halogens is 1. The van der Waals surface area contributed by atoms with Gasteiger partial charge >= 0.3 is 0 Å². The Morgan fingerprint density at radius 1 is 1.07 bits per heavy atom. The zero-order valence-corrected chi connectivity index (χ0v) is 14.9. The Bertz CT molecular complexity index is 1040. The molecule has 29 heavy (non-hydrogen) atoms. The molecule has 3 aromatic carbocycles. The van der Waals surface area contributed by atoms with E-state index >= 15 is 0 Å². The lowest BCUT2D eigenvalue weighted by Crippen LogP contribution is -2.26. The number of carbonyl (C=O) groups is 2. The quantitative estimate of drug-likeness (QED) is 0.366. The summed E-state index contributed by atoms with van der Waals surface area (Å²) >= 11 is 0.